The fourth-order valence-electron chi connectivity index (χ4n) is 0.849. The van der Waals surface area contributed by atoms with Gasteiger partial charge in [0.25, 0.3) is 0 Å². The molecule has 0 spiro atoms. The van der Waals surface area contributed by atoms with Gasteiger partial charge in [-0.3, -0.25) is 0 Å². The molecule has 0 rings (SSSR count). The molecule has 0 aliphatic rings. The predicted octanol–water partition coefficient (Wildman–Crippen LogP) is 1.84. The average molecular weight is 152 g/mol. The van der Waals surface area contributed by atoms with E-state index in [0.717, 1.165) is 19.4 Å². The molecule has 0 aliphatic carbocycles. The molecular formula is C9H16N2. The van der Waals surface area contributed by atoms with Crippen molar-refractivity contribution >= 4 is 0 Å². The van der Waals surface area contributed by atoms with Gasteiger partial charge in [-0.25, -0.2) is 0 Å². The summed E-state index contributed by atoms with van der Waals surface area (Å²) in [6, 6.07) is 2.61. The van der Waals surface area contributed by atoms with Gasteiger partial charge in [0.2, 0.25) is 0 Å². The Morgan fingerprint density at radius 2 is 2.45 bits per heavy atom. The van der Waals surface area contributed by atoms with Crippen LogP contribution in [0.5, 0.6) is 0 Å². The van der Waals surface area contributed by atoms with Crippen LogP contribution >= 0.6 is 0 Å². The van der Waals surface area contributed by atoms with Gasteiger partial charge >= 0.3 is 0 Å². The highest BCUT2D eigenvalue weighted by atomic mass is 14.9. The van der Waals surface area contributed by atoms with Crippen molar-refractivity contribution in [1.29, 1.82) is 5.26 Å². The largest absolute Gasteiger partial charge is 0.314 e. The molecular weight excluding hydrogens is 136 g/mol. The van der Waals surface area contributed by atoms with E-state index in [4.69, 9.17) is 5.26 Å². The summed E-state index contributed by atoms with van der Waals surface area (Å²) in [5.41, 5.74) is 0. The third-order valence-electron chi connectivity index (χ3n) is 1.48. The summed E-state index contributed by atoms with van der Waals surface area (Å²) in [5.74, 6) is 0. The highest BCUT2D eigenvalue weighted by Crippen LogP contribution is 1.91. The van der Waals surface area contributed by atoms with Gasteiger partial charge in [0, 0.05) is 12.5 Å². The summed E-state index contributed by atoms with van der Waals surface area (Å²) in [4.78, 5) is 0. The summed E-state index contributed by atoms with van der Waals surface area (Å²) in [6.07, 6.45) is 4.49. The Morgan fingerprint density at radius 1 is 1.73 bits per heavy atom. The maximum Gasteiger partial charge on any atom is 0.0622 e. The summed E-state index contributed by atoms with van der Waals surface area (Å²) >= 11 is 0. The van der Waals surface area contributed by atoms with E-state index in [1.165, 1.54) is 0 Å². The summed E-state index contributed by atoms with van der Waals surface area (Å²) in [7, 11) is 0. The average Bonchev–Trinajstić information content (AvgIpc) is 1.99. The van der Waals surface area contributed by atoms with E-state index in [-0.39, 0.29) is 0 Å². The molecule has 0 saturated carbocycles. The molecule has 0 radical (unpaired) electrons. The molecule has 1 N–H and O–H groups in total. The van der Waals surface area contributed by atoms with Crippen molar-refractivity contribution in [3.05, 3.63) is 12.7 Å². The van der Waals surface area contributed by atoms with Crippen LogP contribution in [0.15, 0.2) is 12.7 Å². The first-order valence-electron chi connectivity index (χ1n) is 4.02. The summed E-state index contributed by atoms with van der Waals surface area (Å²) < 4.78 is 0. The lowest BCUT2D eigenvalue weighted by atomic mass is 10.2. The fourth-order valence-corrected chi connectivity index (χ4v) is 0.849. The zero-order valence-electron chi connectivity index (χ0n) is 7.14. The molecule has 2 nitrogen and oxygen atoms in total. The smallest absolute Gasteiger partial charge is 0.0622 e. The van der Waals surface area contributed by atoms with Crippen LogP contribution in [0.2, 0.25) is 0 Å². The topological polar surface area (TPSA) is 35.8 Å². The van der Waals surface area contributed by atoms with E-state index < -0.39 is 0 Å². The number of nitriles is 1. The lowest BCUT2D eigenvalue weighted by molar-refractivity contribution is 0.544. The second-order valence-electron chi connectivity index (χ2n) is 2.64. The highest BCUT2D eigenvalue weighted by molar-refractivity contribution is 4.75. The third kappa shape index (κ3) is 7.08. The van der Waals surface area contributed by atoms with E-state index in [1.54, 1.807) is 0 Å². The monoisotopic (exact) mass is 152 g/mol. The first kappa shape index (κ1) is 10.2. The molecule has 62 valence electrons. The molecule has 0 aromatic carbocycles. The van der Waals surface area contributed by atoms with Crippen molar-refractivity contribution in [3.63, 3.8) is 0 Å². The minimum Gasteiger partial charge on any atom is -0.314 e. The van der Waals surface area contributed by atoms with Gasteiger partial charge in [-0.05, 0) is 26.3 Å². The van der Waals surface area contributed by atoms with Crippen molar-refractivity contribution in [3.8, 4) is 6.07 Å². The Morgan fingerprint density at radius 3 is 3.00 bits per heavy atom. The Labute approximate surface area is 68.9 Å². The second-order valence-corrected chi connectivity index (χ2v) is 2.64. The van der Waals surface area contributed by atoms with Crippen LogP contribution < -0.4 is 5.32 Å². The van der Waals surface area contributed by atoms with Crippen LogP contribution in [-0.2, 0) is 0 Å². The first-order valence-corrected chi connectivity index (χ1v) is 4.02. The van der Waals surface area contributed by atoms with Crippen molar-refractivity contribution in [2.75, 3.05) is 6.54 Å². The molecule has 0 saturated heterocycles. The van der Waals surface area contributed by atoms with Gasteiger partial charge in [-0.1, -0.05) is 6.08 Å². The molecule has 0 heterocycles. The Kier molecular flexibility index (Phi) is 6.76. The number of hydrogen-bond acceptors (Lipinski definition) is 2. The van der Waals surface area contributed by atoms with Gasteiger partial charge in [-0.15, -0.1) is 6.58 Å². The normalized spacial score (nSPS) is 12.0. The van der Waals surface area contributed by atoms with E-state index in [1.807, 2.05) is 6.08 Å². The molecule has 0 amide bonds. The standard InChI is InChI=1S/C9H16N2/c1-3-6-9(2)11-8-5-4-7-10/h3,9,11H,1,4-6,8H2,2H3. The number of rotatable bonds is 6. The molecule has 1 unspecified atom stereocenters. The maximum atomic E-state index is 8.24. The Balaban J connectivity index is 3.11. The molecule has 0 bridgehead atoms. The maximum absolute atomic E-state index is 8.24. The number of unbranched alkanes of at least 4 members (excludes halogenated alkanes) is 1. The van der Waals surface area contributed by atoms with Crippen LogP contribution in [0.1, 0.15) is 26.2 Å². The zero-order valence-corrected chi connectivity index (χ0v) is 7.14. The molecule has 11 heavy (non-hydrogen) atoms. The lowest BCUT2D eigenvalue weighted by Gasteiger charge is -2.09. The van der Waals surface area contributed by atoms with Crippen LogP contribution in [-0.4, -0.2) is 12.6 Å². The zero-order chi connectivity index (χ0) is 8.53. The van der Waals surface area contributed by atoms with E-state index in [9.17, 15) is 0 Å². The van der Waals surface area contributed by atoms with Crippen LogP contribution in [0.3, 0.4) is 0 Å². The Bertz CT molecular complexity index is 135. The molecule has 2 heteroatoms. The molecule has 0 aliphatic heterocycles. The molecule has 0 fully saturated rings. The van der Waals surface area contributed by atoms with Crippen molar-refractivity contribution in [2.24, 2.45) is 0 Å². The van der Waals surface area contributed by atoms with E-state index >= 15 is 0 Å². The minimum atomic E-state index is 0.492. The fraction of sp³-hybridized carbons (Fsp3) is 0.667. The van der Waals surface area contributed by atoms with Crippen molar-refractivity contribution < 1.29 is 0 Å². The first-order chi connectivity index (χ1) is 5.31. The van der Waals surface area contributed by atoms with Gasteiger partial charge in [-0.2, -0.15) is 5.26 Å². The van der Waals surface area contributed by atoms with Gasteiger partial charge < -0.3 is 5.32 Å². The Hall–Kier alpha value is -0.810. The lowest BCUT2D eigenvalue weighted by Crippen LogP contribution is -2.26. The van der Waals surface area contributed by atoms with E-state index in [0.29, 0.717) is 12.5 Å². The third-order valence-corrected chi connectivity index (χ3v) is 1.48. The van der Waals surface area contributed by atoms with E-state index in [2.05, 4.69) is 24.9 Å². The number of hydrogen-bond donors (Lipinski definition) is 1. The summed E-state index contributed by atoms with van der Waals surface area (Å²) in [5, 5.41) is 11.5. The van der Waals surface area contributed by atoms with Gasteiger partial charge in [0.1, 0.15) is 0 Å². The number of nitrogens with one attached hydrogen (secondary N) is 1. The minimum absolute atomic E-state index is 0.492. The highest BCUT2D eigenvalue weighted by Gasteiger charge is 1.95. The van der Waals surface area contributed by atoms with Crippen LogP contribution in [0.4, 0.5) is 0 Å². The molecule has 1 atom stereocenters. The quantitative estimate of drug-likeness (QED) is 0.465. The molecule has 0 aromatic rings. The number of nitrogens with zero attached hydrogens (tertiary/aromatic N) is 1. The summed E-state index contributed by atoms with van der Waals surface area (Å²) in [6.45, 7) is 6.70. The predicted molar refractivity (Wildman–Crippen MR) is 47.1 cm³/mol. The van der Waals surface area contributed by atoms with Crippen LogP contribution in [0, 0.1) is 11.3 Å². The molecule has 0 aromatic heterocycles. The van der Waals surface area contributed by atoms with Crippen molar-refractivity contribution in [1.82, 2.24) is 5.32 Å². The van der Waals surface area contributed by atoms with Gasteiger partial charge in [0.15, 0.2) is 0 Å². The van der Waals surface area contributed by atoms with Crippen LogP contribution in [0.25, 0.3) is 0 Å². The van der Waals surface area contributed by atoms with Crippen molar-refractivity contribution in [2.45, 2.75) is 32.2 Å². The SMILES string of the molecule is C=CCC(C)NCCCC#N. The van der Waals surface area contributed by atoms with Gasteiger partial charge in [0.05, 0.1) is 6.07 Å². The second kappa shape index (κ2) is 7.30.